The van der Waals surface area contributed by atoms with Gasteiger partial charge in [0.2, 0.25) is 0 Å². The average molecular weight is 341 g/mol. The van der Waals surface area contributed by atoms with Gasteiger partial charge in [0, 0.05) is 19.1 Å². The summed E-state index contributed by atoms with van der Waals surface area (Å²) in [6.07, 6.45) is 1.67. The topological polar surface area (TPSA) is 41.6 Å². The van der Waals surface area contributed by atoms with E-state index in [1.54, 1.807) is 0 Å². The second-order valence-electron chi connectivity index (χ2n) is 5.08. The van der Waals surface area contributed by atoms with Gasteiger partial charge in [-0.3, -0.25) is 4.79 Å². The van der Waals surface area contributed by atoms with Crippen molar-refractivity contribution in [3.8, 4) is 5.75 Å². The van der Waals surface area contributed by atoms with Crippen molar-refractivity contribution in [2.45, 2.75) is 31.9 Å². The first-order valence-electron chi connectivity index (χ1n) is 6.99. The van der Waals surface area contributed by atoms with Gasteiger partial charge in [-0.05, 0) is 54.9 Å². The Balaban J connectivity index is 2.00. The number of halogens is 1. The Labute approximate surface area is 128 Å². The molecule has 0 aromatic heterocycles. The lowest BCUT2D eigenvalue weighted by Crippen LogP contribution is -2.46. The maximum absolute atomic E-state index is 12.5. The highest BCUT2D eigenvalue weighted by molar-refractivity contribution is 9.10. The largest absolute Gasteiger partial charge is 0.480 e. The lowest BCUT2D eigenvalue weighted by atomic mass is 10.2. The van der Waals surface area contributed by atoms with Gasteiger partial charge in [0.05, 0.1) is 4.47 Å². The Bertz CT molecular complexity index is 467. The summed E-state index contributed by atoms with van der Waals surface area (Å²) in [6, 6.07) is 7.89. The highest BCUT2D eigenvalue weighted by Crippen LogP contribution is 2.26. The van der Waals surface area contributed by atoms with Crippen LogP contribution in [0.5, 0.6) is 5.75 Å². The molecule has 0 spiro atoms. The Morgan fingerprint density at radius 1 is 1.55 bits per heavy atom. The van der Waals surface area contributed by atoms with Crippen LogP contribution >= 0.6 is 15.9 Å². The summed E-state index contributed by atoms with van der Waals surface area (Å²) in [5.74, 6) is 0.774. The van der Waals surface area contributed by atoms with E-state index in [2.05, 4.69) is 21.2 Å². The summed E-state index contributed by atoms with van der Waals surface area (Å²) in [5, 5.41) is 3.15. The van der Waals surface area contributed by atoms with Crippen molar-refractivity contribution >= 4 is 21.8 Å². The fraction of sp³-hybridized carbons (Fsp3) is 0.533. The van der Waals surface area contributed by atoms with Crippen molar-refractivity contribution < 1.29 is 9.53 Å². The second-order valence-corrected chi connectivity index (χ2v) is 5.93. The number of nitrogens with zero attached hydrogens (tertiary/aromatic N) is 1. The van der Waals surface area contributed by atoms with Gasteiger partial charge in [0.25, 0.3) is 5.91 Å². The number of likely N-dealkylation sites (N-methyl/N-ethyl adjacent to an activating group) is 1. The number of benzene rings is 1. The molecule has 2 rings (SSSR count). The molecule has 1 aromatic rings. The van der Waals surface area contributed by atoms with Crippen LogP contribution in [0.1, 0.15) is 19.8 Å². The van der Waals surface area contributed by atoms with Gasteiger partial charge in [0.1, 0.15) is 5.75 Å². The van der Waals surface area contributed by atoms with Gasteiger partial charge >= 0.3 is 0 Å². The molecule has 1 N–H and O–H groups in total. The number of likely N-dealkylation sites (tertiary alicyclic amines) is 1. The van der Waals surface area contributed by atoms with Crippen molar-refractivity contribution in [2.24, 2.45) is 0 Å². The van der Waals surface area contributed by atoms with Crippen LogP contribution in [0.4, 0.5) is 0 Å². The maximum Gasteiger partial charge on any atom is 0.263 e. The first-order chi connectivity index (χ1) is 9.63. The molecule has 1 aliphatic rings. The van der Waals surface area contributed by atoms with Crippen molar-refractivity contribution in [1.82, 2.24) is 10.2 Å². The first-order valence-corrected chi connectivity index (χ1v) is 7.79. The molecule has 5 heteroatoms. The summed E-state index contributed by atoms with van der Waals surface area (Å²) in [7, 11) is 1.92. The number of rotatable bonds is 5. The Hall–Kier alpha value is -1.07. The SMILES string of the molecule is CNCC1CCCN1C(=O)C(C)Oc1ccccc1Br. The molecule has 110 valence electrons. The molecule has 1 heterocycles. The minimum absolute atomic E-state index is 0.0681. The molecule has 1 aromatic carbocycles. The van der Waals surface area contributed by atoms with E-state index in [0.29, 0.717) is 5.75 Å². The molecule has 4 nitrogen and oxygen atoms in total. The van der Waals surface area contributed by atoms with Gasteiger partial charge in [-0.15, -0.1) is 0 Å². The third-order valence-corrected chi connectivity index (χ3v) is 4.24. The molecular weight excluding hydrogens is 320 g/mol. The van der Waals surface area contributed by atoms with Crippen molar-refractivity contribution in [3.63, 3.8) is 0 Å². The van der Waals surface area contributed by atoms with Gasteiger partial charge in [-0.2, -0.15) is 0 Å². The zero-order valence-electron chi connectivity index (χ0n) is 11.9. The van der Waals surface area contributed by atoms with Gasteiger partial charge in [-0.25, -0.2) is 0 Å². The maximum atomic E-state index is 12.5. The predicted octanol–water partition coefficient (Wildman–Crippen LogP) is 2.43. The van der Waals surface area contributed by atoms with Crippen molar-refractivity contribution in [3.05, 3.63) is 28.7 Å². The third kappa shape index (κ3) is 3.52. The predicted molar refractivity (Wildman–Crippen MR) is 82.9 cm³/mol. The number of ether oxygens (including phenoxy) is 1. The van der Waals surface area contributed by atoms with Gasteiger partial charge in [0.15, 0.2) is 6.10 Å². The van der Waals surface area contributed by atoms with E-state index in [9.17, 15) is 4.79 Å². The zero-order valence-corrected chi connectivity index (χ0v) is 13.5. The number of para-hydroxylation sites is 1. The molecule has 1 saturated heterocycles. The Morgan fingerprint density at radius 2 is 2.30 bits per heavy atom. The van der Waals surface area contributed by atoms with E-state index in [0.717, 1.165) is 30.4 Å². The van der Waals surface area contributed by atoms with Crippen molar-refractivity contribution in [2.75, 3.05) is 20.1 Å². The lowest BCUT2D eigenvalue weighted by Gasteiger charge is -2.27. The minimum Gasteiger partial charge on any atom is -0.480 e. The minimum atomic E-state index is -0.467. The summed E-state index contributed by atoms with van der Waals surface area (Å²) in [5.41, 5.74) is 0. The standard InChI is InChI=1S/C15H21BrN2O2/c1-11(20-14-8-4-3-7-13(14)16)15(19)18-9-5-6-12(18)10-17-2/h3-4,7-8,11-12,17H,5-6,9-10H2,1-2H3. The smallest absolute Gasteiger partial charge is 0.263 e. The van der Waals surface area contributed by atoms with Crippen LogP contribution in [0, 0.1) is 0 Å². The van der Waals surface area contributed by atoms with E-state index in [4.69, 9.17) is 4.74 Å². The van der Waals surface area contributed by atoms with E-state index in [1.807, 2.05) is 43.1 Å². The van der Waals surface area contributed by atoms with E-state index >= 15 is 0 Å². The summed E-state index contributed by atoms with van der Waals surface area (Å²) < 4.78 is 6.66. The van der Waals surface area contributed by atoms with Crippen LogP contribution in [0.25, 0.3) is 0 Å². The molecule has 2 atom stereocenters. The molecule has 20 heavy (non-hydrogen) atoms. The Morgan fingerprint density at radius 3 is 3.00 bits per heavy atom. The number of amides is 1. The molecule has 0 saturated carbocycles. The van der Waals surface area contributed by atoms with E-state index in [-0.39, 0.29) is 11.9 Å². The number of carbonyl (C=O) groups excluding carboxylic acids is 1. The summed E-state index contributed by atoms with van der Waals surface area (Å²) in [4.78, 5) is 14.4. The van der Waals surface area contributed by atoms with Crippen molar-refractivity contribution in [1.29, 1.82) is 0 Å². The highest BCUT2D eigenvalue weighted by Gasteiger charge is 2.31. The lowest BCUT2D eigenvalue weighted by molar-refractivity contribution is -0.138. The molecule has 0 radical (unpaired) electrons. The molecule has 0 aliphatic carbocycles. The average Bonchev–Trinajstić information content (AvgIpc) is 2.89. The molecule has 1 aliphatic heterocycles. The molecule has 2 unspecified atom stereocenters. The van der Waals surface area contributed by atoms with Crippen LogP contribution in [-0.4, -0.2) is 43.1 Å². The summed E-state index contributed by atoms with van der Waals surface area (Å²) in [6.45, 7) is 3.48. The molecule has 0 bridgehead atoms. The van der Waals surface area contributed by atoms with Crippen LogP contribution in [0.3, 0.4) is 0 Å². The fourth-order valence-electron chi connectivity index (χ4n) is 2.59. The van der Waals surface area contributed by atoms with Gasteiger partial charge in [-0.1, -0.05) is 12.1 Å². The zero-order chi connectivity index (χ0) is 14.5. The van der Waals surface area contributed by atoms with Gasteiger partial charge < -0.3 is 15.0 Å². The second kappa shape index (κ2) is 7.09. The fourth-order valence-corrected chi connectivity index (χ4v) is 2.97. The van der Waals surface area contributed by atoms with Crippen LogP contribution in [0.2, 0.25) is 0 Å². The molecule has 1 amide bonds. The number of nitrogens with one attached hydrogen (secondary N) is 1. The molecular formula is C15H21BrN2O2. The van der Waals surface area contributed by atoms with E-state index in [1.165, 1.54) is 0 Å². The number of hydrogen-bond acceptors (Lipinski definition) is 3. The Kier molecular flexibility index (Phi) is 5.43. The highest BCUT2D eigenvalue weighted by atomic mass is 79.9. The first kappa shape index (κ1) is 15.3. The van der Waals surface area contributed by atoms with Crippen LogP contribution in [-0.2, 0) is 4.79 Å². The monoisotopic (exact) mass is 340 g/mol. The van der Waals surface area contributed by atoms with Crippen LogP contribution in [0.15, 0.2) is 28.7 Å². The van der Waals surface area contributed by atoms with E-state index < -0.39 is 6.10 Å². The number of hydrogen-bond donors (Lipinski definition) is 1. The normalized spacial score (nSPS) is 19.9. The molecule has 1 fully saturated rings. The number of carbonyl (C=O) groups is 1. The van der Waals surface area contributed by atoms with Crippen LogP contribution < -0.4 is 10.1 Å². The quantitative estimate of drug-likeness (QED) is 0.894. The third-order valence-electron chi connectivity index (χ3n) is 3.59. The summed E-state index contributed by atoms with van der Waals surface area (Å²) >= 11 is 3.43.